The Hall–Kier alpha value is -0.710. The van der Waals surface area contributed by atoms with Crippen molar-refractivity contribution in [3.8, 4) is 0 Å². The van der Waals surface area contributed by atoms with Crippen LogP contribution in [0.2, 0.25) is 15.3 Å². The summed E-state index contributed by atoms with van der Waals surface area (Å²) in [6.45, 7) is 0.212. The smallest absolute Gasteiger partial charge is 0.198 e. The van der Waals surface area contributed by atoms with Crippen molar-refractivity contribution in [3.05, 3.63) is 56.9 Å². The van der Waals surface area contributed by atoms with Gasteiger partial charge in [0.2, 0.25) is 0 Å². The van der Waals surface area contributed by atoms with Gasteiger partial charge in [0.25, 0.3) is 0 Å². The molecule has 2 atom stereocenters. The summed E-state index contributed by atoms with van der Waals surface area (Å²) < 4.78 is 4.98. The second-order valence-corrected chi connectivity index (χ2v) is 5.29. The lowest BCUT2D eigenvalue weighted by Gasteiger charge is -2.22. The third kappa shape index (κ3) is 3.07. The molecule has 1 aromatic carbocycles. The second-order valence-electron chi connectivity index (χ2n) is 4.10. The molecule has 0 spiro atoms. The summed E-state index contributed by atoms with van der Waals surface area (Å²) in [5.74, 6) is -0.389. The lowest BCUT2D eigenvalue weighted by Crippen LogP contribution is -2.20. The summed E-state index contributed by atoms with van der Waals surface area (Å²) >= 11 is 17.9. The third-order valence-corrected chi connectivity index (χ3v) is 3.83. The van der Waals surface area contributed by atoms with E-state index in [0.717, 1.165) is 5.56 Å². The van der Waals surface area contributed by atoms with Crippen molar-refractivity contribution in [1.82, 2.24) is 0 Å². The molecule has 6 heteroatoms. The van der Waals surface area contributed by atoms with E-state index in [1.165, 1.54) is 6.26 Å². The minimum Gasteiger partial charge on any atom is -0.453 e. The molecule has 1 aromatic heterocycles. The minimum atomic E-state index is -0.894. The van der Waals surface area contributed by atoms with Crippen molar-refractivity contribution in [2.24, 2.45) is 5.73 Å². The molecule has 0 radical (unpaired) electrons. The van der Waals surface area contributed by atoms with E-state index in [1.54, 1.807) is 24.3 Å². The van der Waals surface area contributed by atoms with Crippen LogP contribution in [0.5, 0.6) is 0 Å². The van der Waals surface area contributed by atoms with Gasteiger partial charge in [-0.3, -0.25) is 0 Å². The second kappa shape index (κ2) is 6.16. The lowest BCUT2D eigenvalue weighted by molar-refractivity contribution is 0.147. The quantitative estimate of drug-likeness (QED) is 0.894. The molecule has 1 heterocycles. The van der Waals surface area contributed by atoms with Gasteiger partial charge >= 0.3 is 0 Å². The topological polar surface area (TPSA) is 59.4 Å². The number of benzene rings is 1. The molecule has 0 aliphatic rings. The molecule has 0 saturated carbocycles. The first kappa shape index (κ1) is 14.7. The maximum atomic E-state index is 10.4. The van der Waals surface area contributed by atoms with Crippen molar-refractivity contribution in [2.75, 3.05) is 6.54 Å². The van der Waals surface area contributed by atoms with Gasteiger partial charge in [0.1, 0.15) is 0 Å². The van der Waals surface area contributed by atoms with Gasteiger partial charge in [-0.05, 0) is 35.4 Å². The van der Waals surface area contributed by atoms with E-state index in [9.17, 15) is 5.11 Å². The van der Waals surface area contributed by atoms with E-state index in [2.05, 4.69) is 0 Å². The number of furan rings is 1. The molecule has 3 nitrogen and oxygen atoms in total. The Kier molecular flexibility index (Phi) is 4.76. The molecule has 2 aromatic rings. The molecular weight excluding hydrogens is 309 g/mol. The van der Waals surface area contributed by atoms with Crippen molar-refractivity contribution in [3.63, 3.8) is 0 Å². The van der Waals surface area contributed by atoms with Gasteiger partial charge in [0.05, 0.1) is 12.4 Å². The fourth-order valence-electron chi connectivity index (χ4n) is 1.96. The summed E-state index contributed by atoms with van der Waals surface area (Å²) in [5, 5.41) is 11.5. The zero-order valence-corrected chi connectivity index (χ0v) is 12.1. The molecule has 3 N–H and O–H groups in total. The van der Waals surface area contributed by atoms with Crippen molar-refractivity contribution < 1.29 is 9.52 Å². The van der Waals surface area contributed by atoms with Crippen LogP contribution in [0.1, 0.15) is 23.1 Å². The molecule has 0 aliphatic carbocycles. The van der Waals surface area contributed by atoms with Gasteiger partial charge in [0, 0.05) is 28.1 Å². The summed E-state index contributed by atoms with van der Waals surface area (Å²) in [5.41, 5.74) is 6.95. The van der Waals surface area contributed by atoms with Gasteiger partial charge < -0.3 is 15.3 Å². The molecular formula is C13H12Cl3NO2. The van der Waals surface area contributed by atoms with Gasteiger partial charge in [-0.2, -0.15) is 0 Å². The minimum absolute atomic E-state index is 0.149. The molecule has 102 valence electrons. The number of halogens is 3. The highest BCUT2D eigenvalue weighted by Gasteiger charge is 2.26. The summed E-state index contributed by atoms with van der Waals surface area (Å²) in [6, 6.07) is 6.68. The van der Waals surface area contributed by atoms with Crippen LogP contribution in [0, 0.1) is 0 Å². The fourth-order valence-corrected chi connectivity index (χ4v) is 2.74. The maximum absolute atomic E-state index is 10.4. The Morgan fingerprint density at radius 1 is 1.16 bits per heavy atom. The van der Waals surface area contributed by atoms with E-state index in [1.807, 2.05) is 0 Å². The predicted octanol–water partition coefficient (Wildman–Crippen LogP) is 4.02. The maximum Gasteiger partial charge on any atom is 0.198 e. The van der Waals surface area contributed by atoms with Crippen molar-refractivity contribution in [1.29, 1.82) is 0 Å². The number of nitrogens with two attached hydrogens (primary N) is 1. The SMILES string of the molecule is NCC(c1ccc(Cl)cc1Cl)C(O)c1ccoc1Cl. The zero-order valence-electron chi connectivity index (χ0n) is 9.82. The van der Waals surface area contributed by atoms with Crippen molar-refractivity contribution in [2.45, 2.75) is 12.0 Å². The van der Waals surface area contributed by atoms with E-state index >= 15 is 0 Å². The average Bonchev–Trinajstić information content (AvgIpc) is 2.78. The molecule has 19 heavy (non-hydrogen) atoms. The standard InChI is InChI=1S/C13H12Cl3NO2/c14-7-1-2-8(11(15)5-7)10(6-17)12(18)9-3-4-19-13(9)16/h1-5,10,12,18H,6,17H2. The first-order valence-electron chi connectivity index (χ1n) is 5.60. The van der Waals surface area contributed by atoms with E-state index in [4.69, 9.17) is 45.0 Å². The van der Waals surface area contributed by atoms with Crippen LogP contribution in [-0.4, -0.2) is 11.7 Å². The normalized spacial score (nSPS) is 14.4. The first-order valence-corrected chi connectivity index (χ1v) is 6.74. The fraction of sp³-hybridized carbons (Fsp3) is 0.231. The number of hydrogen-bond acceptors (Lipinski definition) is 3. The lowest BCUT2D eigenvalue weighted by atomic mass is 9.90. The van der Waals surface area contributed by atoms with Crippen molar-refractivity contribution >= 4 is 34.8 Å². The van der Waals surface area contributed by atoms with Crippen LogP contribution in [0.4, 0.5) is 0 Å². The Bertz CT molecular complexity index is 571. The molecule has 0 fully saturated rings. The van der Waals surface area contributed by atoms with Crippen LogP contribution in [0.15, 0.2) is 34.9 Å². The van der Waals surface area contributed by atoms with E-state index < -0.39 is 6.10 Å². The van der Waals surface area contributed by atoms with E-state index in [0.29, 0.717) is 15.6 Å². The number of hydrogen-bond donors (Lipinski definition) is 2. The summed E-state index contributed by atoms with van der Waals surface area (Å²) in [4.78, 5) is 0. The molecule has 0 amide bonds. The van der Waals surface area contributed by atoms with Gasteiger partial charge in [-0.25, -0.2) is 0 Å². The highest BCUT2D eigenvalue weighted by atomic mass is 35.5. The Balaban J connectivity index is 2.37. The Morgan fingerprint density at radius 2 is 1.89 bits per heavy atom. The van der Waals surface area contributed by atoms with Crippen LogP contribution in [0.3, 0.4) is 0 Å². The number of aliphatic hydroxyl groups excluding tert-OH is 1. The predicted molar refractivity (Wildman–Crippen MR) is 76.9 cm³/mol. The first-order chi connectivity index (χ1) is 9.04. The van der Waals surface area contributed by atoms with Crippen LogP contribution < -0.4 is 5.73 Å². The van der Waals surface area contributed by atoms with E-state index in [-0.39, 0.29) is 17.7 Å². The number of rotatable bonds is 4. The largest absolute Gasteiger partial charge is 0.453 e. The molecule has 0 bridgehead atoms. The van der Waals surface area contributed by atoms with Gasteiger partial charge in [0.15, 0.2) is 5.22 Å². The highest BCUT2D eigenvalue weighted by molar-refractivity contribution is 6.35. The summed E-state index contributed by atoms with van der Waals surface area (Å²) in [7, 11) is 0. The van der Waals surface area contributed by atoms with Crippen LogP contribution in [-0.2, 0) is 0 Å². The third-order valence-electron chi connectivity index (χ3n) is 2.96. The van der Waals surface area contributed by atoms with Gasteiger partial charge in [-0.1, -0.05) is 29.3 Å². The highest BCUT2D eigenvalue weighted by Crippen LogP contribution is 2.37. The Labute approximate surface area is 125 Å². The summed E-state index contributed by atoms with van der Waals surface area (Å²) in [6.07, 6.45) is 0.521. The molecule has 2 unspecified atom stereocenters. The van der Waals surface area contributed by atoms with Gasteiger partial charge in [-0.15, -0.1) is 0 Å². The van der Waals surface area contributed by atoms with Crippen LogP contribution >= 0.6 is 34.8 Å². The molecule has 2 rings (SSSR count). The molecule has 0 saturated heterocycles. The Morgan fingerprint density at radius 3 is 2.42 bits per heavy atom. The van der Waals surface area contributed by atoms with Crippen LogP contribution in [0.25, 0.3) is 0 Å². The number of aliphatic hydroxyl groups is 1. The average molecular weight is 321 g/mol. The monoisotopic (exact) mass is 319 g/mol. The molecule has 0 aliphatic heterocycles. The zero-order chi connectivity index (χ0) is 14.0.